The summed E-state index contributed by atoms with van der Waals surface area (Å²) in [7, 11) is 0. The summed E-state index contributed by atoms with van der Waals surface area (Å²) in [6.07, 6.45) is 1.97. The maximum Gasteiger partial charge on any atom is 0.315 e. The first kappa shape index (κ1) is 18.3. The van der Waals surface area contributed by atoms with Gasteiger partial charge in [0.25, 0.3) is 5.19 Å². The zero-order chi connectivity index (χ0) is 20.0. The summed E-state index contributed by atoms with van der Waals surface area (Å²) in [5.41, 5.74) is 7.27. The van der Waals surface area contributed by atoms with Gasteiger partial charge in [0.2, 0.25) is 0 Å². The number of hydrogen-bond donors (Lipinski definition) is 1. The lowest BCUT2D eigenvalue weighted by atomic mass is 10.1. The molecule has 3 heterocycles. The van der Waals surface area contributed by atoms with E-state index in [9.17, 15) is 9.18 Å². The van der Waals surface area contributed by atoms with Crippen molar-refractivity contribution < 1.29 is 13.9 Å². The average molecular weight is 412 g/mol. The Kier molecular flexibility index (Phi) is 4.60. The molecule has 5 rings (SSSR count). The van der Waals surface area contributed by atoms with Gasteiger partial charge in [-0.15, -0.1) is 0 Å². The standard InChI is InChI=1S/C21H21FN4O2S/c22-14-3-6-19-18(9-14)24-21(29-19)28-17-4-1-13(2-5-17)7-8-25-11-16-10-15(25)12-26(16)20(23)27/h1-6,9,15-16H,7-8,10-12H2,(H2,23,27)/t15-,16-/m1/s1. The molecule has 2 aliphatic heterocycles. The Hall–Kier alpha value is -2.71. The molecule has 6 nitrogen and oxygen atoms in total. The highest BCUT2D eigenvalue weighted by molar-refractivity contribution is 7.20. The molecule has 0 aliphatic carbocycles. The lowest BCUT2D eigenvalue weighted by molar-refractivity contribution is 0.142. The van der Waals surface area contributed by atoms with Crippen molar-refractivity contribution in [2.75, 3.05) is 19.6 Å². The van der Waals surface area contributed by atoms with Gasteiger partial charge in [0, 0.05) is 37.8 Å². The number of halogens is 1. The van der Waals surface area contributed by atoms with Gasteiger partial charge in [-0.3, -0.25) is 4.90 Å². The third kappa shape index (κ3) is 3.65. The Morgan fingerprint density at radius 1 is 1.21 bits per heavy atom. The molecule has 2 fully saturated rings. The third-order valence-corrected chi connectivity index (χ3v) is 6.70. The van der Waals surface area contributed by atoms with Gasteiger partial charge < -0.3 is 15.4 Å². The van der Waals surface area contributed by atoms with E-state index in [0.717, 1.165) is 37.2 Å². The van der Waals surface area contributed by atoms with Gasteiger partial charge in [0.1, 0.15) is 11.6 Å². The number of benzene rings is 2. The zero-order valence-corrected chi connectivity index (χ0v) is 16.6. The maximum atomic E-state index is 13.3. The number of rotatable bonds is 5. The van der Waals surface area contributed by atoms with E-state index in [1.807, 2.05) is 12.1 Å². The van der Waals surface area contributed by atoms with Crippen LogP contribution in [0.3, 0.4) is 0 Å². The number of aromatic nitrogens is 1. The van der Waals surface area contributed by atoms with Gasteiger partial charge in [0.15, 0.2) is 0 Å². The summed E-state index contributed by atoms with van der Waals surface area (Å²) in [5.74, 6) is 0.415. The fourth-order valence-corrected chi connectivity index (χ4v) is 5.13. The number of piperazine rings is 1. The van der Waals surface area contributed by atoms with E-state index < -0.39 is 0 Å². The van der Waals surface area contributed by atoms with E-state index in [4.69, 9.17) is 10.5 Å². The van der Waals surface area contributed by atoms with Crippen molar-refractivity contribution in [3.63, 3.8) is 0 Å². The van der Waals surface area contributed by atoms with Crippen LogP contribution in [0.25, 0.3) is 10.2 Å². The number of primary amides is 1. The number of nitrogens with two attached hydrogens (primary N) is 1. The van der Waals surface area contributed by atoms with Crippen molar-refractivity contribution in [2.24, 2.45) is 5.73 Å². The Morgan fingerprint density at radius 2 is 2.03 bits per heavy atom. The molecule has 3 aromatic rings. The van der Waals surface area contributed by atoms with Gasteiger partial charge in [-0.1, -0.05) is 23.5 Å². The molecule has 150 valence electrons. The van der Waals surface area contributed by atoms with Crippen molar-refractivity contribution >= 4 is 27.6 Å². The minimum absolute atomic E-state index is 0.274. The molecule has 2 bridgehead atoms. The summed E-state index contributed by atoms with van der Waals surface area (Å²) in [6.45, 7) is 2.63. The highest BCUT2D eigenvalue weighted by Gasteiger charge is 2.44. The number of carbonyl (C=O) groups is 1. The molecule has 0 unspecified atom stereocenters. The Balaban J connectivity index is 1.17. The molecule has 1 aromatic heterocycles. The highest BCUT2D eigenvalue weighted by atomic mass is 32.1. The van der Waals surface area contributed by atoms with Crippen molar-refractivity contribution in [1.29, 1.82) is 0 Å². The summed E-state index contributed by atoms with van der Waals surface area (Å²) < 4.78 is 20.0. The topological polar surface area (TPSA) is 71.7 Å². The summed E-state index contributed by atoms with van der Waals surface area (Å²) in [4.78, 5) is 20.0. The Bertz CT molecular complexity index is 1050. The molecule has 0 spiro atoms. The number of hydrogen-bond acceptors (Lipinski definition) is 5. The lowest BCUT2D eigenvalue weighted by Crippen LogP contribution is -2.50. The molecule has 2 aliphatic rings. The van der Waals surface area contributed by atoms with Crippen molar-refractivity contribution in [1.82, 2.24) is 14.8 Å². The van der Waals surface area contributed by atoms with Crippen LogP contribution >= 0.6 is 11.3 Å². The van der Waals surface area contributed by atoms with Crippen LogP contribution in [0, 0.1) is 5.82 Å². The fourth-order valence-electron chi connectivity index (χ4n) is 4.31. The molecule has 0 radical (unpaired) electrons. The predicted octanol–water partition coefficient (Wildman–Crippen LogP) is 3.61. The summed E-state index contributed by atoms with van der Waals surface area (Å²) in [5, 5.41) is 0.505. The number of fused-ring (bicyclic) bond motifs is 3. The number of carbonyl (C=O) groups excluding carboxylic acids is 1. The molecule has 2 N–H and O–H groups in total. The Labute approximate surface area is 171 Å². The SMILES string of the molecule is NC(=O)N1C[C@H]2C[C@@H]1CN2CCc1ccc(Oc2nc3cc(F)ccc3s2)cc1. The van der Waals surface area contributed by atoms with Gasteiger partial charge in [-0.2, -0.15) is 0 Å². The first-order valence-electron chi connectivity index (χ1n) is 9.68. The van der Waals surface area contributed by atoms with Crippen molar-refractivity contribution in [2.45, 2.75) is 24.9 Å². The summed E-state index contributed by atoms with van der Waals surface area (Å²) in [6, 6.07) is 13.0. The number of urea groups is 1. The van der Waals surface area contributed by atoms with E-state index in [-0.39, 0.29) is 17.9 Å². The molecule has 2 saturated heterocycles. The van der Waals surface area contributed by atoms with E-state index in [1.165, 1.54) is 29.0 Å². The van der Waals surface area contributed by atoms with Crippen LogP contribution in [0.5, 0.6) is 10.9 Å². The molecule has 0 saturated carbocycles. The molecular formula is C21H21FN4O2S. The first-order chi connectivity index (χ1) is 14.0. The molecule has 2 amide bonds. The average Bonchev–Trinajstić information content (AvgIpc) is 3.40. The van der Waals surface area contributed by atoms with Crippen LogP contribution in [0.1, 0.15) is 12.0 Å². The minimum atomic E-state index is -0.300. The number of nitrogens with zero attached hydrogens (tertiary/aromatic N) is 3. The van der Waals surface area contributed by atoms with E-state index in [1.54, 1.807) is 11.0 Å². The smallest absolute Gasteiger partial charge is 0.315 e. The van der Waals surface area contributed by atoms with E-state index in [2.05, 4.69) is 22.0 Å². The number of amides is 2. The molecular weight excluding hydrogens is 391 g/mol. The second-order valence-corrected chi connectivity index (χ2v) is 8.61. The minimum Gasteiger partial charge on any atom is -0.431 e. The first-order valence-corrected chi connectivity index (χ1v) is 10.5. The van der Waals surface area contributed by atoms with Gasteiger partial charge >= 0.3 is 6.03 Å². The number of ether oxygens (including phenoxy) is 1. The third-order valence-electron chi connectivity index (χ3n) is 5.78. The van der Waals surface area contributed by atoms with Crippen LogP contribution in [0.4, 0.5) is 9.18 Å². The monoisotopic (exact) mass is 412 g/mol. The summed E-state index contributed by atoms with van der Waals surface area (Å²) >= 11 is 1.40. The second kappa shape index (κ2) is 7.27. The zero-order valence-electron chi connectivity index (χ0n) is 15.8. The molecule has 2 atom stereocenters. The van der Waals surface area contributed by atoms with Crippen LogP contribution < -0.4 is 10.5 Å². The van der Waals surface area contributed by atoms with Gasteiger partial charge in [-0.25, -0.2) is 14.2 Å². The van der Waals surface area contributed by atoms with Crippen LogP contribution in [-0.2, 0) is 6.42 Å². The van der Waals surface area contributed by atoms with E-state index in [0.29, 0.717) is 22.5 Å². The van der Waals surface area contributed by atoms with Crippen molar-refractivity contribution in [3.05, 3.63) is 53.8 Å². The van der Waals surface area contributed by atoms with E-state index >= 15 is 0 Å². The van der Waals surface area contributed by atoms with Gasteiger partial charge in [0.05, 0.1) is 10.2 Å². The van der Waals surface area contributed by atoms with Crippen LogP contribution in [0.2, 0.25) is 0 Å². The molecule has 29 heavy (non-hydrogen) atoms. The van der Waals surface area contributed by atoms with Crippen LogP contribution in [0.15, 0.2) is 42.5 Å². The Morgan fingerprint density at radius 3 is 2.76 bits per heavy atom. The highest BCUT2D eigenvalue weighted by Crippen LogP contribution is 2.32. The largest absolute Gasteiger partial charge is 0.431 e. The lowest BCUT2D eigenvalue weighted by Gasteiger charge is -2.33. The molecule has 8 heteroatoms. The normalized spacial score (nSPS) is 21.2. The number of likely N-dealkylation sites (tertiary alicyclic amines) is 2. The second-order valence-electron chi connectivity index (χ2n) is 7.62. The molecule has 2 aromatic carbocycles. The van der Waals surface area contributed by atoms with Crippen molar-refractivity contribution in [3.8, 4) is 10.9 Å². The predicted molar refractivity (Wildman–Crippen MR) is 110 cm³/mol. The maximum absolute atomic E-state index is 13.3. The fraction of sp³-hybridized carbons (Fsp3) is 0.333. The van der Waals surface area contributed by atoms with Gasteiger partial charge in [-0.05, 0) is 42.7 Å². The number of thiazole rings is 1. The van der Waals surface area contributed by atoms with Crippen LogP contribution in [-0.4, -0.2) is 52.5 Å². The quantitative estimate of drug-likeness (QED) is 0.695.